The monoisotopic (exact) mass is 483 g/mol. The van der Waals surface area contributed by atoms with Gasteiger partial charge in [0, 0.05) is 37.9 Å². The topological polar surface area (TPSA) is 74.5 Å². The average Bonchev–Trinajstić information content (AvgIpc) is 3.32. The van der Waals surface area contributed by atoms with Crippen LogP contribution in [0.3, 0.4) is 0 Å². The molecule has 148 valence electrons. The number of halogens is 1. The minimum absolute atomic E-state index is 0. The van der Waals surface area contributed by atoms with Gasteiger partial charge in [-0.3, -0.25) is 4.99 Å². The molecule has 1 aromatic heterocycles. The molecule has 3 rings (SSSR count). The van der Waals surface area contributed by atoms with Crippen LogP contribution >= 0.6 is 24.0 Å². The molecule has 1 heterocycles. The highest BCUT2D eigenvalue weighted by atomic mass is 127. The first kappa shape index (κ1) is 21.7. The molecule has 1 fully saturated rings. The Bertz CT molecular complexity index is 687. The molecule has 0 saturated heterocycles. The van der Waals surface area contributed by atoms with E-state index in [1.807, 2.05) is 16.9 Å². The zero-order valence-corrected chi connectivity index (χ0v) is 18.2. The Hall–Kier alpha value is -1.61. The normalized spacial score (nSPS) is 19.6. The number of aliphatic hydroxyl groups is 1. The summed E-state index contributed by atoms with van der Waals surface area (Å²) in [7, 11) is 0. The van der Waals surface area contributed by atoms with Crippen LogP contribution in [0.1, 0.15) is 31.7 Å². The van der Waals surface area contributed by atoms with Crippen molar-refractivity contribution in [3.8, 4) is 5.69 Å². The molecule has 1 aromatic carbocycles. The van der Waals surface area contributed by atoms with Crippen LogP contribution in [0.4, 0.5) is 0 Å². The summed E-state index contributed by atoms with van der Waals surface area (Å²) in [4.78, 5) is 4.65. The Morgan fingerprint density at radius 1 is 1.26 bits per heavy atom. The summed E-state index contributed by atoms with van der Waals surface area (Å²) in [5.74, 6) is 1.14. The van der Waals surface area contributed by atoms with Crippen LogP contribution in [-0.2, 0) is 6.42 Å². The van der Waals surface area contributed by atoms with Gasteiger partial charge in [-0.15, -0.1) is 24.0 Å². The number of guanidine groups is 1. The molecule has 2 aromatic rings. The maximum absolute atomic E-state index is 9.93. The molecule has 0 bridgehead atoms. The van der Waals surface area contributed by atoms with Gasteiger partial charge in [-0.05, 0) is 49.9 Å². The van der Waals surface area contributed by atoms with Crippen molar-refractivity contribution in [3.63, 3.8) is 0 Å². The van der Waals surface area contributed by atoms with Gasteiger partial charge in [-0.25, -0.2) is 4.68 Å². The molecular formula is C20H30IN5O. The number of benzene rings is 1. The Balaban J connectivity index is 0.00000261. The quantitative estimate of drug-likeness (QED) is 0.322. The van der Waals surface area contributed by atoms with Gasteiger partial charge in [0.1, 0.15) is 0 Å². The largest absolute Gasteiger partial charge is 0.393 e. The van der Waals surface area contributed by atoms with E-state index in [1.54, 1.807) is 6.20 Å². The lowest BCUT2D eigenvalue weighted by Crippen LogP contribution is -2.39. The van der Waals surface area contributed by atoms with Crippen LogP contribution in [0.15, 0.2) is 47.7 Å². The van der Waals surface area contributed by atoms with E-state index in [4.69, 9.17) is 0 Å². The highest BCUT2D eigenvalue weighted by Gasteiger charge is 2.24. The minimum Gasteiger partial charge on any atom is -0.393 e. The van der Waals surface area contributed by atoms with E-state index < -0.39 is 0 Å². The third-order valence-corrected chi connectivity index (χ3v) is 4.86. The van der Waals surface area contributed by atoms with Crippen molar-refractivity contribution in [1.29, 1.82) is 0 Å². The van der Waals surface area contributed by atoms with Gasteiger partial charge in [0.25, 0.3) is 0 Å². The van der Waals surface area contributed by atoms with Crippen molar-refractivity contribution in [3.05, 3.63) is 48.3 Å². The SMILES string of the molecule is CCNC(=NCC1CCCC1O)NCCc1ccc(-n2cccn2)cc1.I. The van der Waals surface area contributed by atoms with E-state index in [0.717, 1.165) is 50.4 Å². The molecule has 1 aliphatic rings. The molecule has 7 heteroatoms. The zero-order valence-electron chi connectivity index (χ0n) is 15.8. The van der Waals surface area contributed by atoms with Crippen molar-refractivity contribution in [1.82, 2.24) is 20.4 Å². The fraction of sp³-hybridized carbons (Fsp3) is 0.500. The van der Waals surface area contributed by atoms with Crippen molar-refractivity contribution in [2.45, 2.75) is 38.7 Å². The predicted molar refractivity (Wildman–Crippen MR) is 120 cm³/mol. The van der Waals surface area contributed by atoms with Crippen LogP contribution in [0.5, 0.6) is 0 Å². The molecule has 27 heavy (non-hydrogen) atoms. The molecule has 0 spiro atoms. The number of nitrogens with one attached hydrogen (secondary N) is 2. The van der Waals surface area contributed by atoms with Crippen LogP contribution in [0.2, 0.25) is 0 Å². The third kappa shape index (κ3) is 6.49. The molecule has 2 atom stereocenters. The van der Waals surface area contributed by atoms with Crippen molar-refractivity contribution < 1.29 is 5.11 Å². The van der Waals surface area contributed by atoms with Crippen LogP contribution in [-0.4, -0.2) is 46.6 Å². The highest BCUT2D eigenvalue weighted by Crippen LogP contribution is 2.25. The summed E-state index contributed by atoms with van der Waals surface area (Å²) < 4.78 is 1.86. The Labute approximate surface area is 178 Å². The van der Waals surface area contributed by atoms with Crippen molar-refractivity contribution >= 4 is 29.9 Å². The number of rotatable bonds is 7. The van der Waals surface area contributed by atoms with Crippen molar-refractivity contribution in [2.75, 3.05) is 19.6 Å². The minimum atomic E-state index is -0.185. The lowest BCUT2D eigenvalue weighted by atomic mass is 10.1. The van der Waals surface area contributed by atoms with Crippen LogP contribution < -0.4 is 10.6 Å². The lowest BCUT2D eigenvalue weighted by Gasteiger charge is -2.15. The summed E-state index contributed by atoms with van der Waals surface area (Å²) >= 11 is 0. The second-order valence-corrected chi connectivity index (χ2v) is 6.77. The van der Waals surface area contributed by atoms with E-state index in [-0.39, 0.29) is 30.1 Å². The number of nitrogens with zero attached hydrogens (tertiary/aromatic N) is 3. The maximum Gasteiger partial charge on any atom is 0.191 e. The molecule has 0 radical (unpaired) electrons. The average molecular weight is 483 g/mol. The predicted octanol–water partition coefficient (Wildman–Crippen LogP) is 2.75. The highest BCUT2D eigenvalue weighted by molar-refractivity contribution is 14.0. The first-order valence-electron chi connectivity index (χ1n) is 9.55. The lowest BCUT2D eigenvalue weighted by molar-refractivity contribution is 0.136. The summed E-state index contributed by atoms with van der Waals surface area (Å²) in [6, 6.07) is 10.4. The standard InChI is InChI=1S/C20H29N5O.HI/c1-2-21-20(23-15-17-5-3-6-19(17)26)22-13-11-16-7-9-18(10-8-16)25-14-4-12-24-25;/h4,7-10,12,14,17,19,26H,2-3,5-6,11,13,15H2,1H3,(H2,21,22,23);1H. The molecule has 3 N–H and O–H groups in total. The van der Waals surface area contributed by atoms with Crippen LogP contribution in [0.25, 0.3) is 5.69 Å². The van der Waals surface area contributed by atoms with E-state index in [9.17, 15) is 5.11 Å². The number of aliphatic imine (C=N–C) groups is 1. The molecule has 1 aliphatic carbocycles. The first-order chi connectivity index (χ1) is 12.8. The molecule has 1 saturated carbocycles. The molecule has 0 aliphatic heterocycles. The summed E-state index contributed by atoms with van der Waals surface area (Å²) in [6.45, 7) is 4.41. The molecule has 6 nitrogen and oxygen atoms in total. The van der Waals surface area contributed by atoms with Gasteiger partial charge in [0.05, 0.1) is 11.8 Å². The second-order valence-electron chi connectivity index (χ2n) is 6.77. The van der Waals surface area contributed by atoms with Gasteiger partial charge >= 0.3 is 0 Å². The first-order valence-corrected chi connectivity index (χ1v) is 9.55. The zero-order chi connectivity index (χ0) is 18.2. The number of aliphatic hydroxyl groups excluding tert-OH is 1. The molecule has 2 unspecified atom stereocenters. The third-order valence-electron chi connectivity index (χ3n) is 4.86. The fourth-order valence-electron chi connectivity index (χ4n) is 3.34. The van der Waals surface area contributed by atoms with Gasteiger partial charge in [-0.2, -0.15) is 5.10 Å². The summed E-state index contributed by atoms with van der Waals surface area (Å²) in [5.41, 5.74) is 2.34. The van der Waals surface area contributed by atoms with Crippen LogP contribution in [0, 0.1) is 5.92 Å². The van der Waals surface area contributed by atoms with Crippen molar-refractivity contribution in [2.24, 2.45) is 10.9 Å². The Morgan fingerprint density at radius 3 is 2.70 bits per heavy atom. The summed E-state index contributed by atoms with van der Waals surface area (Å²) in [5, 5.41) is 20.8. The van der Waals surface area contributed by atoms with Gasteiger partial charge < -0.3 is 15.7 Å². The maximum atomic E-state index is 9.93. The Kier molecular flexibility index (Phi) is 9.06. The van der Waals surface area contributed by atoms with Gasteiger partial charge in [-0.1, -0.05) is 18.6 Å². The smallest absolute Gasteiger partial charge is 0.191 e. The fourth-order valence-corrected chi connectivity index (χ4v) is 3.34. The second kappa shape index (κ2) is 11.3. The van der Waals surface area contributed by atoms with E-state index in [2.05, 4.69) is 51.9 Å². The van der Waals surface area contributed by atoms with E-state index in [1.165, 1.54) is 5.56 Å². The summed E-state index contributed by atoms with van der Waals surface area (Å²) in [6.07, 6.45) is 7.57. The molecular weight excluding hydrogens is 453 g/mol. The number of aromatic nitrogens is 2. The van der Waals surface area contributed by atoms with E-state index >= 15 is 0 Å². The number of hydrogen-bond acceptors (Lipinski definition) is 3. The van der Waals surface area contributed by atoms with Gasteiger partial charge in [0.2, 0.25) is 0 Å². The number of hydrogen-bond donors (Lipinski definition) is 3. The Morgan fingerprint density at radius 2 is 2.07 bits per heavy atom. The van der Waals surface area contributed by atoms with Gasteiger partial charge in [0.15, 0.2) is 5.96 Å². The molecule has 0 amide bonds. The van der Waals surface area contributed by atoms with E-state index in [0.29, 0.717) is 12.5 Å².